The normalized spacial score (nSPS) is 14.8. The second-order valence-corrected chi connectivity index (χ2v) is 10.2. The van der Waals surface area contributed by atoms with Crippen molar-refractivity contribution >= 4 is 25.7 Å². The number of phosphoric acid groups is 1. The molecule has 0 rings (SSSR count). The zero-order chi connectivity index (χ0) is 28.7. The number of unbranched alkanes of at least 4 members (excludes halogenated alkanes) is 7. The smallest absolute Gasteiger partial charge is 0.472 e. The molecule has 0 bridgehead atoms. The first-order valence-corrected chi connectivity index (χ1v) is 14.9. The molecule has 0 aliphatic rings. The number of aliphatic carboxylic acids is 1. The topological polar surface area (TPSA) is 172 Å². The summed E-state index contributed by atoms with van der Waals surface area (Å²) in [5.41, 5.74) is 5.22. The highest BCUT2D eigenvalue weighted by atomic mass is 31.2. The van der Waals surface area contributed by atoms with Gasteiger partial charge in [0.1, 0.15) is 12.6 Å². The van der Waals surface area contributed by atoms with Gasteiger partial charge in [0, 0.05) is 12.8 Å². The van der Waals surface area contributed by atoms with E-state index in [0.29, 0.717) is 6.42 Å². The Hall–Kier alpha value is -2.04. The van der Waals surface area contributed by atoms with E-state index >= 15 is 0 Å². The second-order valence-electron chi connectivity index (χ2n) is 8.78. The van der Waals surface area contributed by atoms with Crippen LogP contribution in [-0.4, -0.2) is 59.9 Å². The summed E-state index contributed by atoms with van der Waals surface area (Å²) >= 11 is 0. The van der Waals surface area contributed by atoms with Crippen LogP contribution in [0.2, 0.25) is 0 Å². The minimum atomic E-state index is -4.67. The van der Waals surface area contributed by atoms with Crippen LogP contribution >= 0.6 is 7.82 Å². The predicted octanol–water partition coefficient (Wildman–Crippen LogP) is 4.82. The standard InChI is InChI=1S/C26H46NO10P/c1-3-5-6-7-8-9-10-11-12-13-14-15-16-17-18-25(29)37-22(19-34-24(28)4-2)20-35-38(32,33)36-21-23(27)26(30)31/h7-8,10-11,22-23H,3-6,9,12-21,27H2,1-2H3,(H,30,31)(H,32,33)/b8-7-,11-10-. The van der Waals surface area contributed by atoms with Crippen molar-refractivity contribution < 1.29 is 47.5 Å². The fourth-order valence-electron chi connectivity index (χ4n) is 3.00. The molecule has 0 spiro atoms. The summed E-state index contributed by atoms with van der Waals surface area (Å²) in [5, 5.41) is 8.71. The molecule has 0 aliphatic carbocycles. The molecule has 0 fully saturated rings. The lowest BCUT2D eigenvalue weighted by atomic mass is 10.1. The van der Waals surface area contributed by atoms with Crippen LogP contribution in [0, 0.1) is 0 Å². The van der Waals surface area contributed by atoms with E-state index in [9.17, 15) is 23.8 Å². The highest BCUT2D eigenvalue weighted by Gasteiger charge is 2.28. The molecule has 0 saturated carbocycles. The number of hydrogen-bond donors (Lipinski definition) is 3. The summed E-state index contributed by atoms with van der Waals surface area (Å²) in [4.78, 5) is 44.1. The molecule has 11 nitrogen and oxygen atoms in total. The number of rotatable bonds is 24. The van der Waals surface area contributed by atoms with Gasteiger partial charge in [0.25, 0.3) is 0 Å². The fraction of sp³-hybridized carbons (Fsp3) is 0.731. The van der Waals surface area contributed by atoms with Crippen LogP contribution in [0.25, 0.3) is 0 Å². The van der Waals surface area contributed by atoms with Crippen LogP contribution in [0.1, 0.15) is 90.9 Å². The third-order valence-corrected chi connectivity index (χ3v) is 6.21. The van der Waals surface area contributed by atoms with E-state index in [0.717, 1.165) is 44.9 Å². The third kappa shape index (κ3) is 22.0. The van der Waals surface area contributed by atoms with Gasteiger partial charge in [0.05, 0.1) is 13.2 Å². The van der Waals surface area contributed by atoms with Crippen molar-refractivity contribution in [2.45, 2.75) is 103 Å². The number of carbonyl (C=O) groups excluding carboxylic acids is 2. The van der Waals surface area contributed by atoms with Crippen molar-refractivity contribution in [2.24, 2.45) is 5.73 Å². The Labute approximate surface area is 226 Å². The fourth-order valence-corrected chi connectivity index (χ4v) is 3.78. The number of carboxylic acid groups (broad SMARTS) is 1. The monoisotopic (exact) mass is 563 g/mol. The first-order valence-electron chi connectivity index (χ1n) is 13.4. The molecule has 0 aromatic rings. The van der Waals surface area contributed by atoms with Crippen LogP contribution in [0.4, 0.5) is 0 Å². The van der Waals surface area contributed by atoms with Crippen molar-refractivity contribution in [3.05, 3.63) is 24.3 Å². The summed E-state index contributed by atoms with van der Waals surface area (Å²) < 4.78 is 31.5. The number of allylic oxidation sites excluding steroid dienone is 4. The lowest BCUT2D eigenvalue weighted by molar-refractivity contribution is -0.161. The molecular weight excluding hydrogens is 517 g/mol. The van der Waals surface area contributed by atoms with Crippen molar-refractivity contribution in [1.82, 2.24) is 0 Å². The molecule has 4 N–H and O–H groups in total. The molecule has 12 heteroatoms. The molecule has 0 aromatic heterocycles. The van der Waals surface area contributed by atoms with Gasteiger partial charge in [-0.1, -0.05) is 70.3 Å². The number of carbonyl (C=O) groups is 3. The Morgan fingerprint density at radius 3 is 2.08 bits per heavy atom. The van der Waals surface area contributed by atoms with Crippen molar-refractivity contribution in [2.75, 3.05) is 19.8 Å². The maximum Gasteiger partial charge on any atom is 0.472 e. The number of esters is 2. The maximum absolute atomic E-state index is 12.2. The van der Waals surface area contributed by atoms with Gasteiger partial charge in [0.2, 0.25) is 0 Å². The Kier molecular flexibility index (Phi) is 21.7. The van der Waals surface area contributed by atoms with E-state index in [1.807, 2.05) is 0 Å². The average Bonchev–Trinajstić information content (AvgIpc) is 2.88. The molecule has 0 aromatic carbocycles. The largest absolute Gasteiger partial charge is 0.480 e. The first kappa shape index (κ1) is 36.0. The lowest BCUT2D eigenvalue weighted by Gasteiger charge is -2.20. The number of carboxylic acids is 1. The minimum absolute atomic E-state index is 0.0993. The molecule has 38 heavy (non-hydrogen) atoms. The van der Waals surface area contributed by atoms with Crippen LogP contribution in [-0.2, 0) is 37.5 Å². The van der Waals surface area contributed by atoms with E-state index in [2.05, 4.69) is 35.8 Å². The van der Waals surface area contributed by atoms with Gasteiger partial charge in [-0.15, -0.1) is 0 Å². The van der Waals surface area contributed by atoms with Gasteiger partial charge < -0.3 is 25.2 Å². The second kappa shape index (κ2) is 22.9. The first-order chi connectivity index (χ1) is 18.1. The average molecular weight is 564 g/mol. The van der Waals surface area contributed by atoms with Gasteiger partial charge in [-0.25, -0.2) is 4.57 Å². The van der Waals surface area contributed by atoms with E-state index in [1.165, 1.54) is 12.8 Å². The zero-order valence-electron chi connectivity index (χ0n) is 22.8. The van der Waals surface area contributed by atoms with Crippen LogP contribution < -0.4 is 5.73 Å². The number of hydrogen-bond acceptors (Lipinski definition) is 9. The third-order valence-electron chi connectivity index (χ3n) is 5.26. The molecular formula is C26H46NO10P. The van der Waals surface area contributed by atoms with E-state index < -0.39 is 51.1 Å². The Bertz CT molecular complexity index is 771. The number of nitrogens with two attached hydrogens (primary N) is 1. The Balaban J connectivity index is 4.26. The Morgan fingerprint density at radius 2 is 1.45 bits per heavy atom. The van der Waals surface area contributed by atoms with Crippen LogP contribution in [0.3, 0.4) is 0 Å². The SMILES string of the molecule is CCCC/C=C\C/C=C\CCCCCCCC(=O)OC(COC(=O)CC)COP(=O)(O)OCC(N)C(=O)O. The lowest BCUT2D eigenvalue weighted by Crippen LogP contribution is -2.34. The summed E-state index contributed by atoms with van der Waals surface area (Å²) in [7, 11) is -4.67. The molecule has 0 heterocycles. The van der Waals surface area contributed by atoms with Crippen molar-refractivity contribution in [3.63, 3.8) is 0 Å². The molecule has 0 aliphatic heterocycles. The Morgan fingerprint density at radius 1 is 0.842 bits per heavy atom. The van der Waals surface area contributed by atoms with Crippen molar-refractivity contribution in [1.29, 1.82) is 0 Å². The van der Waals surface area contributed by atoms with E-state index in [-0.39, 0.29) is 19.4 Å². The summed E-state index contributed by atoms with van der Waals surface area (Å²) in [6, 6.07) is -1.52. The van der Waals surface area contributed by atoms with Crippen molar-refractivity contribution in [3.8, 4) is 0 Å². The molecule has 3 atom stereocenters. The maximum atomic E-state index is 12.2. The van der Waals surface area contributed by atoms with Crippen LogP contribution in [0.15, 0.2) is 24.3 Å². The van der Waals surface area contributed by atoms with Gasteiger partial charge in [0.15, 0.2) is 6.10 Å². The molecule has 220 valence electrons. The minimum Gasteiger partial charge on any atom is -0.480 e. The van der Waals surface area contributed by atoms with Crippen LogP contribution in [0.5, 0.6) is 0 Å². The highest BCUT2D eigenvalue weighted by molar-refractivity contribution is 7.47. The molecule has 3 unspecified atom stereocenters. The predicted molar refractivity (Wildman–Crippen MR) is 143 cm³/mol. The zero-order valence-corrected chi connectivity index (χ0v) is 23.7. The summed E-state index contributed by atoms with van der Waals surface area (Å²) in [6.07, 6.45) is 18.1. The van der Waals surface area contributed by atoms with E-state index in [4.69, 9.17) is 24.8 Å². The van der Waals surface area contributed by atoms with Gasteiger partial charge in [-0.05, 0) is 32.1 Å². The van der Waals surface area contributed by atoms with E-state index in [1.54, 1.807) is 6.92 Å². The molecule has 0 amide bonds. The highest BCUT2D eigenvalue weighted by Crippen LogP contribution is 2.43. The summed E-state index contributed by atoms with van der Waals surface area (Å²) in [5.74, 6) is -2.51. The molecule has 0 radical (unpaired) electrons. The number of phosphoric ester groups is 1. The van der Waals surface area contributed by atoms with Gasteiger partial charge in [-0.3, -0.25) is 23.4 Å². The van der Waals surface area contributed by atoms with Gasteiger partial charge >= 0.3 is 25.7 Å². The van der Waals surface area contributed by atoms with Gasteiger partial charge in [-0.2, -0.15) is 0 Å². The number of ether oxygens (including phenoxy) is 2. The molecule has 0 saturated heterocycles. The quantitative estimate of drug-likeness (QED) is 0.0636. The summed E-state index contributed by atoms with van der Waals surface area (Å²) in [6.45, 7) is 2.05.